The number of ether oxygens (including phenoxy) is 2. The third kappa shape index (κ3) is 5.01. The Hall–Kier alpha value is -2.50. The van der Waals surface area contributed by atoms with Gasteiger partial charge in [0.2, 0.25) is 0 Å². The molecule has 0 saturated heterocycles. The predicted molar refractivity (Wildman–Crippen MR) is 87.7 cm³/mol. The molecule has 1 aromatic rings. The maximum Gasteiger partial charge on any atom is 0.342 e. The summed E-state index contributed by atoms with van der Waals surface area (Å²) >= 11 is 0. The average molecular weight is 334 g/mol. The number of carbonyl (C=O) groups excluding carboxylic acids is 2. The lowest BCUT2D eigenvalue weighted by Crippen LogP contribution is -2.16. The SMILES string of the molecule is CC1CCCC(=O)OCCC/C=C/c2cc(O)cc(O)c2C(=O)O1. The fourth-order valence-electron chi connectivity index (χ4n) is 2.49. The molecule has 1 aliphatic rings. The molecule has 0 aliphatic carbocycles. The molecule has 0 fully saturated rings. The summed E-state index contributed by atoms with van der Waals surface area (Å²) in [5.74, 6) is -1.37. The predicted octanol–water partition coefficient (Wildman–Crippen LogP) is 3.16. The number of cyclic esters (lactones) is 2. The molecule has 1 atom stereocenters. The van der Waals surface area contributed by atoms with Crippen molar-refractivity contribution in [3.8, 4) is 11.5 Å². The number of esters is 2. The van der Waals surface area contributed by atoms with E-state index in [1.165, 1.54) is 6.07 Å². The third-order valence-electron chi connectivity index (χ3n) is 3.71. The number of phenols is 2. The molecule has 24 heavy (non-hydrogen) atoms. The zero-order valence-corrected chi connectivity index (χ0v) is 13.7. The number of benzene rings is 1. The first-order valence-electron chi connectivity index (χ1n) is 8.06. The molecule has 0 saturated carbocycles. The Kier molecular flexibility index (Phi) is 6.23. The van der Waals surface area contributed by atoms with Crippen molar-refractivity contribution in [3.63, 3.8) is 0 Å². The summed E-state index contributed by atoms with van der Waals surface area (Å²) in [5, 5.41) is 19.7. The van der Waals surface area contributed by atoms with Crippen LogP contribution in [-0.2, 0) is 14.3 Å². The van der Waals surface area contributed by atoms with Crippen molar-refractivity contribution in [1.82, 2.24) is 0 Å². The number of aromatic hydroxyl groups is 2. The fourth-order valence-corrected chi connectivity index (χ4v) is 2.49. The topological polar surface area (TPSA) is 93.1 Å². The summed E-state index contributed by atoms with van der Waals surface area (Å²) in [4.78, 5) is 23.9. The highest BCUT2D eigenvalue weighted by atomic mass is 16.5. The molecular weight excluding hydrogens is 312 g/mol. The second-order valence-corrected chi connectivity index (χ2v) is 5.80. The number of fused-ring (bicyclic) bond motifs is 1. The van der Waals surface area contributed by atoms with E-state index in [-0.39, 0.29) is 29.5 Å². The highest BCUT2D eigenvalue weighted by Crippen LogP contribution is 2.29. The van der Waals surface area contributed by atoms with Gasteiger partial charge in [-0.05, 0) is 44.2 Å². The van der Waals surface area contributed by atoms with Gasteiger partial charge in [0, 0.05) is 12.5 Å². The van der Waals surface area contributed by atoms with Gasteiger partial charge in [-0.1, -0.05) is 12.2 Å². The van der Waals surface area contributed by atoms with Gasteiger partial charge < -0.3 is 19.7 Å². The summed E-state index contributed by atoms with van der Waals surface area (Å²) in [7, 11) is 0. The summed E-state index contributed by atoms with van der Waals surface area (Å²) in [6.07, 6.45) is 5.68. The van der Waals surface area contributed by atoms with E-state index in [0.29, 0.717) is 37.9 Å². The van der Waals surface area contributed by atoms with Gasteiger partial charge in [0.25, 0.3) is 0 Å². The normalized spacial score (nSPS) is 21.6. The van der Waals surface area contributed by atoms with Crippen molar-refractivity contribution in [3.05, 3.63) is 29.3 Å². The first kappa shape index (κ1) is 17.8. The number of phenolic OH excluding ortho intramolecular Hbond substituents is 2. The lowest BCUT2D eigenvalue weighted by Gasteiger charge is -2.15. The molecule has 2 N–H and O–H groups in total. The van der Waals surface area contributed by atoms with Crippen LogP contribution in [-0.4, -0.2) is 34.9 Å². The van der Waals surface area contributed by atoms with Gasteiger partial charge in [-0.25, -0.2) is 4.79 Å². The number of allylic oxidation sites excluding steroid dienone is 1. The molecule has 1 aromatic carbocycles. The van der Waals surface area contributed by atoms with Crippen LogP contribution >= 0.6 is 0 Å². The van der Waals surface area contributed by atoms with Crippen LogP contribution in [0.3, 0.4) is 0 Å². The van der Waals surface area contributed by atoms with E-state index < -0.39 is 12.1 Å². The monoisotopic (exact) mass is 334 g/mol. The standard InChI is InChI=1S/C18H22O6/c1-12-6-5-8-16(21)23-9-4-2-3-7-13-10-14(19)11-15(20)17(13)18(22)24-12/h3,7,10-12,19-20H,2,4-6,8-9H2,1H3/b7-3+. The van der Waals surface area contributed by atoms with Crippen LogP contribution in [0.2, 0.25) is 0 Å². The van der Waals surface area contributed by atoms with Crippen LogP contribution in [0.5, 0.6) is 11.5 Å². The average Bonchev–Trinajstić information content (AvgIpc) is 2.49. The van der Waals surface area contributed by atoms with E-state index >= 15 is 0 Å². The van der Waals surface area contributed by atoms with Gasteiger partial charge >= 0.3 is 11.9 Å². The third-order valence-corrected chi connectivity index (χ3v) is 3.71. The summed E-state index contributed by atoms with van der Waals surface area (Å²) in [6, 6.07) is 2.51. The van der Waals surface area contributed by atoms with Crippen LogP contribution in [0, 0.1) is 0 Å². The lowest BCUT2D eigenvalue weighted by atomic mass is 10.0. The molecule has 0 amide bonds. The molecule has 6 nitrogen and oxygen atoms in total. The van der Waals surface area contributed by atoms with Crippen LogP contribution in [0.25, 0.3) is 6.08 Å². The van der Waals surface area contributed by atoms with Gasteiger partial charge in [-0.15, -0.1) is 0 Å². The van der Waals surface area contributed by atoms with Crippen LogP contribution in [0.1, 0.15) is 54.9 Å². The zero-order valence-electron chi connectivity index (χ0n) is 13.7. The van der Waals surface area contributed by atoms with E-state index in [9.17, 15) is 19.8 Å². The van der Waals surface area contributed by atoms with E-state index in [0.717, 1.165) is 6.07 Å². The second-order valence-electron chi connectivity index (χ2n) is 5.80. The highest BCUT2D eigenvalue weighted by Gasteiger charge is 2.20. The van der Waals surface area contributed by atoms with E-state index in [2.05, 4.69) is 0 Å². The molecule has 0 aromatic heterocycles. The maximum absolute atomic E-state index is 12.4. The van der Waals surface area contributed by atoms with E-state index in [1.807, 2.05) is 0 Å². The number of hydrogen-bond donors (Lipinski definition) is 2. The Balaban J connectivity index is 2.27. The molecular formula is C18H22O6. The molecule has 2 rings (SSSR count). The minimum atomic E-state index is -0.655. The number of carbonyl (C=O) groups is 2. The summed E-state index contributed by atoms with van der Waals surface area (Å²) in [6.45, 7) is 2.07. The quantitative estimate of drug-likeness (QED) is 0.708. The van der Waals surface area contributed by atoms with Crippen molar-refractivity contribution in [1.29, 1.82) is 0 Å². The molecule has 130 valence electrons. The minimum absolute atomic E-state index is 0.0260. The smallest absolute Gasteiger partial charge is 0.342 e. The molecule has 1 aliphatic heterocycles. The van der Waals surface area contributed by atoms with E-state index in [1.54, 1.807) is 19.1 Å². The number of hydrogen-bond acceptors (Lipinski definition) is 6. The Morgan fingerprint density at radius 3 is 2.75 bits per heavy atom. The van der Waals surface area contributed by atoms with Crippen LogP contribution in [0.15, 0.2) is 18.2 Å². The van der Waals surface area contributed by atoms with Crippen molar-refractivity contribution < 1.29 is 29.3 Å². The van der Waals surface area contributed by atoms with Crippen molar-refractivity contribution in [2.45, 2.75) is 45.1 Å². The number of rotatable bonds is 0. The van der Waals surface area contributed by atoms with E-state index in [4.69, 9.17) is 9.47 Å². The summed E-state index contributed by atoms with van der Waals surface area (Å²) < 4.78 is 10.5. The Morgan fingerprint density at radius 2 is 1.96 bits per heavy atom. The first-order valence-corrected chi connectivity index (χ1v) is 8.06. The second kappa shape index (κ2) is 8.38. The molecule has 1 unspecified atom stereocenters. The zero-order chi connectivity index (χ0) is 17.5. The molecule has 0 bridgehead atoms. The van der Waals surface area contributed by atoms with Gasteiger partial charge in [-0.3, -0.25) is 4.79 Å². The van der Waals surface area contributed by atoms with Crippen LogP contribution in [0.4, 0.5) is 0 Å². The molecule has 1 heterocycles. The maximum atomic E-state index is 12.4. The lowest BCUT2D eigenvalue weighted by molar-refractivity contribution is -0.143. The Labute approximate surface area is 140 Å². The Bertz CT molecular complexity index is 635. The molecule has 0 radical (unpaired) electrons. The first-order chi connectivity index (χ1) is 11.5. The van der Waals surface area contributed by atoms with Gasteiger partial charge in [0.1, 0.15) is 17.1 Å². The molecule has 6 heteroatoms. The van der Waals surface area contributed by atoms with Crippen molar-refractivity contribution in [2.75, 3.05) is 6.61 Å². The van der Waals surface area contributed by atoms with Crippen LogP contribution < -0.4 is 0 Å². The fraction of sp³-hybridized carbons (Fsp3) is 0.444. The summed E-state index contributed by atoms with van der Waals surface area (Å²) in [5.41, 5.74) is 0.412. The Morgan fingerprint density at radius 1 is 1.17 bits per heavy atom. The molecule has 0 spiro atoms. The van der Waals surface area contributed by atoms with Gasteiger partial charge in [0.15, 0.2) is 0 Å². The van der Waals surface area contributed by atoms with Crippen molar-refractivity contribution in [2.24, 2.45) is 0 Å². The highest BCUT2D eigenvalue weighted by molar-refractivity contribution is 5.97. The van der Waals surface area contributed by atoms with Gasteiger partial charge in [0.05, 0.1) is 12.7 Å². The minimum Gasteiger partial charge on any atom is -0.508 e. The van der Waals surface area contributed by atoms with Crippen molar-refractivity contribution >= 4 is 18.0 Å². The van der Waals surface area contributed by atoms with Gasteiger partial charge in [-0.2, -0.15) is 0 Å². The largest absolute Gasteiger partial charge is 0.508 e.